The molecule has 140 valence electrons. The molecule has 1 N–H and O–H groups in total. The Balaban J connectivity index is 2.02. The van der Waals surface area contributed by atoms with Gasteiger partial charge >= 0.3 is 0 Å². The Morgan fingerprint density at radius 2 is 1.61 bits per heavy atom. The van der Waals surface area contributed by atoms with Crippen LogP contribution in [0.5, 0.6) is 0 Å². The highest BCUT2D eigenvalue weighted by molar-refractivity contribution is 5.96. The lowest BCUT2D eigenvalue weighted by atomic mass is 9.92. The van der Waals surface area contributed by atoms with Crippen LogP contribution in [-0.4, -0.2) is 10.1 Å². The van der Waals surface area contributed by atoms with Crippen molar-refractivity contribution in [2.24, 2.45) is 0 Å². The highest BCUT2D eigenvalue weighted by Crippen LogP contribution is 2.35. The van der Waals surface area contributed by atoms with Crippen LogP contribution in [0.15, 0.2) is 72.8 Å². The van der Waals surface area contributed by atoms with E-state index in [1.807, 2.05) is 24.3 Å². The molecule has 0 fully saturated rings. The molecule has 0 spiro atoms. The molecule has 0 aliphatic heterocycles. The van der Waals surface area contributed by atoms with Gasteiger partial charge in [0.15, 0.2) is 0 Å². The Hall–Kier alpha value is -3.04. The molecule has 0 saturated heterocycles. The maximum atomic E-state index is 13.4. The fourth-order valence-corrected chi connectivity index (χ4v) is 3.71. The van der Waals surface area contributed by atoms with Crippen LogP contribution in [-0.2, 0) is 6.61 Å². The van der Waals surface area contributed by atoms with Crippen LogP contribution in [0.3, 0.4) is 0 Å². The number of hydrogen-bond donors (Lipinski definition) is 1. The lowest BCUT2D eigenvalue weighted by Crippen LogP contribution is -2.05. The van der Waals surface area contributed by atoms with Gasteiger partial charge in [-0.15, -0.1) is 0 Å². The Morgan fingerprint density at radius 1 is 0.893 bits per heavy atom. The molecule has 4 aromatic rings. The van der Waals surface area contributed by atoms with E-state index < -0.39 is 0 Å². The molecule has 0 aliphatic carbocycles. The van der Waals surface area contributed by atoms with Crippen LogP contribution >= 0.6 is 0 Å². The Labute approximate surface area is 164 Å². The molecule has 28 heavy (non-hydrogen) atoms. The second kappa shape index (κ2) is 7.53. The standard InChI is InChI=1S/C25H22FNO/c1-16(2)25-23(15-28)22(18-10-12-19(26)13-11-18)14-24(27-25)21-9-5-7-17-6-3-4-8-20(17)21/h3-14,16,28H,15H2,1-2H3. The van der Waals surface area contributed by atoms with Gasteiger partial charge in [-0.1, -0.05) is 68.4 Å². The predicted octanol–water partition coefficient (Wildman–Crippen LogP) is 6.32. The largest absolute Gasteiger partial charge is 0.392 e. The van der Waals surface area contributed by atoms with Crippen molar-refractivity contribution in [3.8, 4) is 22.4 Å². The molecule has 0 bridgehead atoms. The van der Waals surface area contributed by atoms with Gasteiger partial charge in [-0.3, -0.25) is 4.98 Å². The Kier molecular flexibility index (Phi) is 4.93. The van der Waals surface area contributed by atoms with Gasteiger partial charge in [0.05, 0.1) is 12.3 Å². The van der Waals surface area contributed by atoms with E-state index in [0.717, 1.165) is 44.4 Å². The molecule has 3 aromatic carbocycles. The van der Waals surface area contributed by atoms with Crippen molar-refractivity contribution in [2.45, 2.75) is 26.4 Å². The lowest BCUT2D eigenvalue weighted by molar-refractivity contribution is 0.280. The number of fused-ring (bicyclic) bond motifs is 1. The fraction of sp³-hybridized carbons (Fsp3) is 0.160. The van der Waals surface area contributed by atoms with Gasteiger partial charge < -0.3 is 5.11 Å². The molecule has 1 heterocycles. The second-order valence-electron chi connectivity index (χ2n) is 7.27. The Morgan fingerprint density at radius 3 is 2.32 bits per heavy atom. The monoisotopic (exact) mass is 371 g/mol. The predicted molar refractivity (Wildman–Crippen MR) is 113 cm³/mol. The molecular weight excluding hydrogens is 349 g/mol. The zero-order chi connectivity index (χ0) is 19.7. The van der Waals surface area contributed by atoms with Crippen LogP contribution in [0.4, 0.5) is 4.39 Å². The summed E-state index contributed by atoms with van der Waals surface area (Å²) < 4.78 is 13.4. The summed E-state index contributed by atoms with van der Waals surface area (Å²) in [6.07, 6.45) is 0. The van der Waals surface area contributed by atoms with E-state index in [1.165, 1.54) is 12.1 Å². The van der Waals surface area contributed by atoms with Crippen LogP contribution in [0.2, 0.25) is 0 Å². The highest BCUT2D eigenvalue weighted by Gasteiger charge is 2.18. The molecule has 4 rings (SSSR count). The SMILES string of the molecule is CC(C)c1nc(-c2cccc3ccccc23)cc(-c2ccc(F)cc2)c1CO. The van der Waals surface area contributed by atoms with Gasteiger partial charge in [-0.05, 0) is 46.0 Å². The van der Waals surface area contributed by atoms with Gasteiger partial charge in [0.2, 0.25) is 0 Å². The van der Waals surface area contributed by atoms with Crippen molar-refractivity contribution in [1.82, 2.24) is 4.98 Å². The maximum Gasteiger partial charge on any atom is 0.123 e. The number of rotatable bonds is 4. The zero-order valence-electron chi connectivity index (χ0n) is 16.0. The zero-order valence-corrected chi connectivity index (χ0v) is 16.0. The minimum atomic E-state index is -0.276. The summed E-state index contributed by atoms with van der Waals surface area (Å²) in [5.41, 5.74) is 5.34. The van der Waals surface area contributed by atoms with E-state index in [2.05, 4.69) is 38.1 Å². The van der Waals surface area contributed by atoms with Crippen LogP contribution in [0, 0.1) is 5.82 Å². The van der Waals surface area contributed by atoms with Crippen molar-refractivity contribution in [2.75, 3.05) is 0 Å². The fourth-order valence-electron chi connectivity index (χ4n) is 3.71. The number of halogens is 1. The van der Waals surface area contributed by atoms with Gasteiger partial charge in [0.25, 0.3) is 0 Å². The first-order valence-electron chi connectivity index (χ1n) is 9.47. The van der Waals surface area contributed by atoms with Gasteiger partial charge in [-0.25, -0.2) is 4.39 Å². The first-order chi connectivity index (χ1) is 13.6. The molecule has 0 aliphatic rings. The van der Waals surface area contributed by atoms with E-state index in [0.29, 0.717) is 0 Å². The van der Waals surface area contributed by atoms with Crippen LogP contribution < -0.4 is 0 Å². The normalized spacial score (nSPS) is 11.3. The van der Waals surface area contributed by atoms with Crippen molar-refractivity contribution in [1.29, 1.82) is 0 Å². The number of aliphatic hydroxyl groups excluding tert-OH is 1. The summed E-state index contributed by atoms with van der Waals surface area (Å²) in [5.74, 6) is -0.127. The summed E-state index contributed by atoms with van der Waals surface area (Å²) >= 11 is 0. The third-order valence-corrected chi connectivity index (χ3v) is 5.08. The summed E-state index contributed by atoms with van der Waals surface area (Å²) in [7, 11) is 0. The number of pyridine rings is 1. The maximum absolute atomic E-state index is 13.4. The van der Waals surface area contributed by atoms with Crippen molar-refractivity contribution < 1.29 is 9.50 Å². The number of nitrogens with zero attached hydrogens (tertiary/aromatic N) is 1. The molecule has 2 nitrogen and oxygen atoms in total. The average molecular weight is 371 g/mol. The summed E-state index contributed by atoms with van der Waals surface area (Å²) in [4.78, 5) is 4.93. The van der Waals surface area contributed by atoms with Crippen LogP contribution in [0.1, 0.15) is 31.0 Å². The average Bonchev–Trinajstić information content (AvgIpc) is 2.73. The van der Waals surface area contributed by atoms with E-state index in [1.54, 1.807) is 12.1 Å². The van der Waals surface area contributed by atoms with E-state index in [9.17, 15) is 9.50 Å². The van der Waals surface area contributed by atoms with E-state index in [4.69, 9.17) is 4.98 Å². The molecule has 0 atom stereocenters. The molecule has 0 saturated carbocycles. The summed E-state index contributed by atoms with van der Waals surface area (Å²) in [5, 5.41) is 12.4. The molecular formula is C25H22FNO. The quantitative estimate of drug-likeness (QED) is 0.455. The summed E-state index contributed by atoms with van der Waals surface area (Å²) in [6.45, 7) is 4.04. The number of benzene rings is 3. The first kappa shape index (κ1) is 18.3. The molecule has 0 unspecified atom stereocenters. The first-order valence-corrected chi connectivity index (χ1v) is 9.47. The third-order valence-electron chi connectivity index (χ3n) is 5.08. The van der Waals surface area contributed by atoms with Crippen molar-refractivity contribution in [3.05, 3.63) is 89.9 Å². The molecule has 1 aromatic heterocycles. The minimum Gasteiger partial charge on any atom is -0.392 e. The van der Waals surface area contributed by atoms with Crippen molar-refractivity contribution in [3.63, 3.8) is 0 Å². The van der Waals surface area contributed by atoms with Crippen molar-refractivity contribution >= 4 is 10.8 Å². The molecule has 3 heteroatoms. The number of hydrogen-bond acceptors (Lipinski definition) is 2. The smallest absolute Gasteiger partial charge is 0.123 e. The van der Waals surface area contributed by atoms with Gasteiger partial charge in [-0.2, -0.15) is 0 Å². The third kappa shape index (κ3) is 3.30. The highest BCUT2D eigenvalue weighted by atomic mass is 19.1. The Bertz CT molecular complexity index is 1130. The number of aliphatic hydroxyl groups is 1. The van der Waals surface area contributed by atoms with E-state index in [-0.39, 0.29) is 18.3 Å². The number of aromatic nitrogens is 1. The minimum absolute atomic E-state index is 0.108. The second-order valence-corrected chi connectivity index (χ2v) is 7.27. The lowest BCUT2D eigenvalue weighted by Gasteiger charge is -2.18. The summed E-state index contributed by atoms with van der Waals surface area (Å²) in [6, 6.07) is 22.8. The topological polar surface area (TPSA) is 33.1 Å². The van der Waals surface area contributed by atoms with E-state index >= 15 is 0 Å². The van der Waals surface area contributed by atoms with Gasteiger partial charge in [0.1, 0.15) is 5.82 Å². The van der Waals surface area contributed by atoms with Crippen LogP contribution in [0.25, 0.3) is 33.2 Å². The molecule has 0 amide bonds. The molecule has 0 radical (unpaired) electrons. The van der Waals surface area contributed by atoms with Gasteiger partial charge in [0, 0.05) is 16.8 Å².